The fraction of sp³-hybridized carbons (Fsp3) is 0.444. The topological polar surface area (TPSA) is 0 Å². The van der Waals surface area contributed by atoms with E-state index >= 15 is 0 Å². The van der Waals surface area contributed by atoms with Crippen molar-refractivity contribution in [2.45, 2.75) is 52.4 Å². The second-order valence-corrected chi connectivity index (χ2v) is 23.6. The van der Waals surface area contributed by atoms with E-state index in [4.69, 9.17) is 0 Å². The number of benzene rings is 1. The van der Waals surface area contributed by atoms with Gasteiger partial charge in [0.15, 0.2) is 0 Å². The predicted octanol–water partition coefficient (Wildman–Crippen LogP) is 5.38. The first kappa shape index (κ1) is 18.4. The smallest absolute Gasteiger partial charge is 0.0998 e. The van der Waals surface area contributed by atoms with E-state index in [0.717, 1.165) is 0 Å². The largest absolute Gasteiger partial charge is 0.103 e. The first-order valence-corrected chi connectivity index (χ1v) is 17.8. The van der Waals surface area contributed by atoms with Crippen LogP contribution in [0.2, 0.25) is 52.4 Å². The fourth-order valence-electron chi connectivity index (χ4n) is 2.74. The van der Waals surface area contributed by atoms with Gasteiger partial charge in [-0.3, -0.25) is 0 Å². The average molecular weight is 333 g/mol. The summed E-state index contributed by atoms with van der Waals surface area (Å²) in [6.45, 7) is 24.0. The summed E-state index contributed by atoms with van der Waals surface area (Å²) < 4.78 is 0. The van der Waals surface area contributed by atoms with Gasteiger partial charge in [0.05, 0.1) is 16.1 Å². The van der Waals surface area contributed by atoms with E-state index in [1.54, 1.807) is 10.0 Å². The van der Waals surface area contributed by atoms with Gasteiger partial charge < -0.3 is 0 Å². The molecule has 0 unspecified atom stereocenters. The van der Waals surface area contributed by atoms with E-state index in [-0.39, 0.29) is 0 Å². The highest BCUT2D eigenvalue weighted by Crippen LogP contribution is 2.28. The molecule has 0 aromatic heterocycles. The first-order chi connectivity index (χ1) is 9.37. The van der Waals surface area contributed by atoms with Crippen molar-refractivity contribution in [3.63, 3.8) is 0 Å². The standard InChI is InChI=1S/C18H32Si3/c1-16(19(2,3)4)15-18(20(5,6)7)21(8,9)17-13-11-10-12-14-17/h10-15H,1H2,2-9H3/b18-15+. The highest BCUT2D eigenvalue weighted by Gasteiger charge is 2.36. The van der Waals surface area contributed by atoms with Crippen molar-refractivity contribution < 1.29 is 0 Å². The Labute approximate surface area is 135 Å². The Morgan fingerprint density at radius 1 is 0.810 bits per heavy atom. The second kappa shape index (κ2) is 6.23. The van der Waals surface area contributed by atoms with Gasteiger partial charge in [-0.25, -0.2) is 0 Å². The molecule has 21 heavy (non-hydrogen) atoms. The van der Waals surface area contributed by atoms with Crippen molar-refractivity contribution in [3.8, 4) is 0 Å². The Bertz CT molecular complexity index is 526. The van der Waals surface area contributed by atoms with Crippen molar-refractivity contribution in [2.24, 2.45) is 0 Å². The highest BCUT2D eigenvalue weighted by molar-refractivity contribution is 7.11. The molecule has 1 aromatic rings. The van der Waals surface area contributed by atoms with E-state index in [0.29, 0.717) is 0 Å². The third-order valence-corrected chi connectivity index (χ3v) is 15.5. The van der Waals surface area contributed by atoms with Crippen LogP contribution in [0.15, 0.2) is 53.0 Å². The molecule has 3 heteroatoms. The van der Waals surface area contributed by atoms with Crippen LogP contribution in [0, 0.1) is 0 Å². The molecule has 0 heterocycles. The first-order valence-electron chi connectivity index (χ1n) is 7.84. The van der Waals surface area contributed by atoms with Gasteiger partial charge in [0.2, 0.25) is 0 Å². The van der Waals surface area contributed by atoms with E-state index in [1.807, 2.05) is 0 Å². The number of rotatable bonds is 5. The van der Waals surface area contributed by atoms with E-state index in [2.05, 4.69) is 95.4 Å². The van der Waals surface area contributed by atoms with Crippen molar-refractivity contribution in [1.82, 2.24) is 0 Å². The average Bonchev–Trinajstić information content (AvgIpc) is 2.33. The molecule has 0 aliphatic carbocycles. The Hall–Kier alpha value is -0.649. The van der Waals surface area contributed by atoms with E-state index < -0.39 is 24.2 Å². The third kappa shape index (κ3) is 4.66. The maximum absolute atomic E-state index is 4.42. The van der Waals surface area contributed by atoms with Gasteiger partial charge in [-0.15, -0.1) is 0 Å². The molecule has 0 saturated heterocycles. The molecule has 0 saturated carbocycles. The summed E-state index contributed by atoms with van der Waals surface area (Å²) in [6, 6.07) is 11.1. The molecule has 0 fully saturated rings. The lowest BCUT2D eigenvalue weighted by Gasteiger charge is -2.36. The molecule has 1 aromatic carbocycles. The lowest BCUT2D eigenvalue weighted by atomic mass is 10.4. The Morgan fingerprint density at radius 3 is 1.67 bits per heavy atom. The molecule has 0 aliphatic rings. The summed E-state index contributed by atoms with van der Waals surface area (Å²) >= 11 is 0. The Balaban J connectivity index is 3.40. The van der Waals surface area contributed by atoms with Gasteiger partial charge in [0, 0.05) is 0 Å². The monoisotopic (exact) mass is 332 g/mol. The molecule has 116 valence electrons. The molecule has 0 bridgehead atoms. The minimum absolute atomic E-state index is 1.31. The second-order valence-electron chi connectivity index (χ2n) is 8.57. The lowest BCUT2D eigenvalue weighted by Crippen LogP contribution is -2.51. The molecular formula is C18H32Si3. The lowest BCUT2D eigenvalue weighted by molar-refractivity contribution is 1.60. The van der Waals surface area contributed by atoms with Gasteiger partial charge in [-0.2, -0.15) is 0 Å². The van der Waals surface area contributed by atoms with Crippen molar-refractivity contribution >= 4 is 29.4 Å². The molecule has 0 N–H and O–H groups in total. The molecule has 1 rings (SSSR count). The maximum atomic E-state index is 4.42. The zero-order valence-corrected chi connectivity index (χ0v) is 18.2. The number of hydrogen-bond acceptors (Lipinski definition) is 0. The third-order valence-electron chi connectivity index (χ3n) is 4.26. The minimum atomic E-state index is -1.60. The fourth-order valence-corrected chi connectivity index (χ4v) is 14.0. The van der Waals surface area contributed by atoms with Crippen LogP contribution in [-0.2, 0) is 0 Å². The van der Waals surface area contributed by atoms with Gasteiger partial charge in [-0.05, 0) is 0 Å². The van der Waals surface area contributed by atoms with Crippen LogP contribution in [0.4, 0.5) is 0 Å². The van der Waals surface area contributed by atoms with Crippen LogP contribution in [0.3, 0.4) is 0 Å². The SMILES string of the molecule is C=C(/C=C(\[Si](C)(C)C)[Si](C)(C)c1ccccc1)[Si](C)(C)C. The summed E-state index contributed by atoms with van der Waals surface area (Å²) in [7, 11) is -4.27. The Kier molecular flexibility index (Phi) is 5.46. The molecule has 0 atom stereocenters. The van der Waals surface area contributed by atoms with Crippen LogP contribution in [0.25, 0.3) is 0 Å². The summed E-state index contributed by atoms with van der Waals surface area (Å²) in [5.41, 5.74) is 0. The highest BCUT2D eigenvalue weighted by atomic mass is 28.4. The molecule has 0 radical (unpaired) electrons. The van der Waals surface area contributed by atoms with E-state index in [1.165, 1.54) is 5.20 Å². The van der Waals surface area contributed by atoms with E-state index in [9.17, 15) is 0 Å². The predicted molar refractivity (Wildman–Crippen MR) is 107 cm³/mol. The van der Waals surface area contributed by atoms with Gasteiger partial charge in [0.25, 0.3) is 0 Å². The summed E-state index contributed by atoms with van der Waals surface area (Å²) in [4.78, 5) is 1.74. The van der Waals surface area contributed by atoms with Crippen molar-refractivity contribution in [3.05, 3.63) is 53.0 Å². The normalized spacial score (nSPS) is 14.2. The van der Waals surface area contributed by atoms with Crippen LogP contribution in [-0.4, -0.2) is 24.2 Å². The van der Waals surface area contributed by atoms with Crippen LogP contribution in [0.1, 0.15) is 0 Å². The Morgan fingerprint density at radius 2 is 1.29 bits per heavy atom. The van der Waals surface area contributed by atoms with Gasteiger partial charge in [-0.1, -0.05) is 111 Å². The summed E-state index contributed by atoms with van der Waals surface area (Å²) in [6.07, 6.45) is 2.51. The molecule has 0 amide bonds. The van der Waals surface area contributed by atoms with Crippen LogP contribution < -0.4 is 5.19 Å². The summed E-state index contributed by atoms with van der Waals surface area (Å²) in [5, 5.41) is 2.94. The van der Waals surface area contributed by atoms with Crippen molar-refractivity contribution in [2.75, 3.05) is 0 Å². The molecule has 0 aliphatic heterocycles. The van der Waals surface area contributed by atoms with Gasteiger partial charge in [0.1, 0.15) is 8.07 Å². The molecule has 0 nitrogen and oxygen atoms in total. The van der Waals surface area contributed by atoms with Crippen molar-refractivity contribution in [1.29, 1.82) is 0 Å². The molecule has 0 spiro atoms. The maximum Gasteiger partial charge on any atom is 0.103 e. The van der Waals surface area contributed by atoms with Crippen LogP contribution in [0.5, 0.6) is 0 Å². The minimum Gasteiger partial charge on any atom is -0.0998 e. The summed E-state index contributed by atoms with van der Waals surface area (Å²) in [5.74, 6) is 0. The zero-order chi connectivity index (χ0) is 16.5. The number of hydrogen-bond donors (Lipinski definition) is 0. The van der Waals surface area contributed by atoms with Crippen LogP contribution >= 0.6 is 0 Å². The van der Waals surface area contributed by atoms with Gasteiger partial charge >= 0.3 is 0 Å². The number of allylic oxidation sites excluding steroid dienone is 2. The zero-order valence-electron chi connectivity index (χ0n) is 15.2. The molecular weight excluding hydrogens is 300 g/mol. The quantitative estimate of drug-likeness (QED) is 0.501.